The molecule has 0 radical (unpaired) electrons. The molecule has 1 N–H and O–H groups in total. The summed E-state index contributed by atoms with van der Waals surface area (Å²) in [6.07, 6.45) is 2.23. The third-order valence-electron chi connectivity index (χ3n) is 1.81. The first-order chi connectivity index (χ1) is 6.73. The predicted octanol–water partition coefficient (Wildman–Crippen LogP) is 0.566. The van der Waals surface area contributed by atoms with Crippen LogP contribution >= 0.6 is 0 Å². The molecule has 84 valence electrons. The fourth-order valence-electron chi connectivity index (χ4n) is 1.12. The fraction of sp³-hybridized carbons (Fsp3) is 0.500. The quantitative estimate of drug-likeness (QED) is 0.822. The lowest BCUT2D eigenvalue weighted by Gasteiger charge is -2.08. The fourth-order valence-corrected chi connectivity index (χ4v) is 2.03. The first-order valence-corrected chi connectivity index (χ1v) is 6.15. The zero-order valence-corrected chi connectivity index (χ0v) is 9.45. The molecule has 0 aliphatic heterocycles. The van der Waals surface area contributed by atoms with Crippen LogP contribution in [0.2, 0.25) is 0 Å². The van der Waals surface area contributed by atoms with Gasteiger partial charge in [0.1, 0.15) is 0 Å². The molecule has 0 aromatic carbocycles. The van der Waals surface area contributed by atoms with Crippen LogP contribution in [0.1, 0.15) is 30.4 Å². The molecule has 0 spiro atoms. The van der Waals surface area contributed by atoms with E-state index in [0.29, 0.717) is 0 Å². The number of aromatic nitrogens is 2. The summed E-state index contributed by atoms with van der Waals surface area (Å²) in [6.45, 7) is 3.50. The van der Waals surface area contributed by atoms with Gasteiger partial charge in [-0.1, -0.05) is 0 Å². The van der Waals surface area contributed by atoms with Crippen LogP contribution in [-0.4, -0.2) is 35.3 Å². The summed E-state index contributed by atoms with van der Waals surface area (Å²) in [5.41, 5.74) is -0.260. The lowest BCUT2D eigenvalue weighted by molar-refractivity contribution is 0.0690. The van der Waals surface area contributed by atoms with Crippen LogP contribution in [0.3, 0.4) is 0 Å². The van der Waals surface area contributed by atoms with Crippen molar-refractivity contribution in [2.24, 2.45) is 0 Å². The molecule has 0 fully saturated rings. The van der Waals surface area contributed by atoms with Gasteiger partial charge in [0.25, 0.3) is 0 Å². The van der Waals surface area contributed by atoms with Crippen LogP contribution in [-0.2, 0) is 9.84 Å². The Morgan fingerprint density at radius 1 is 1.53 bits per heavy atom. The molecule has 0 amide bonds. The first kappa shape index (κ1) is 11.7. The number of rotatable bonds is 3. The third-order valence-corrected chi connectivity index (χ3v) is 2.77. The van der Waals surface area contributed by atoms with Crippen LogP contribution in [0, 0.1) is 0 Å². The summed E-state index contributed by atoms with van der Waals surface area (Å²) in [6, 6.07) is -0.157. The van der Waals surface area contributed by atoms with Crippen LogP contribution in [0.15, 0.2) is 11.4 Å². The topological polar surface area (TPSA) is 89.3 Å². The molecule has 0 bridgehead atoms. The minimum atomic E-state index is -3.50. The molecule has 0 unspecified atom stereocenters. The molecule has 0 aliphatic rings. The van der Waals surface area contributed by atoms with Crippen molar-refractivity contribution in [2.45, 2.75) is 25.0 Å². The second-order valence-electron chi connectivity index (χ2n) is 3.49. The van der Waals surface area contributed by atoms with Gasteiger partial charge in [0.2, 0.25) is 15.0 Å². The number of carbonyl (C=O) groups is 1. The maximum absolute atomic E-state index is 11.3. The molecule has 0 saturated carbocycles. The number of carboxylic acid groups (broad SMARTS) is 1. The molecule has 15 heavy (non-hydrogen) atoms. The second kappa shape index (κ2) is 3.65. The summed E-state index contributed by atoms with van der Waals surface area (Å²) >= 11 is 0. The van der Waals surface area contributed by atoms with E-state index in [2.05, 4.69) is 4.98 Å². The van der Waals surface area contributed by atoms with Crippen LogP contribution in [0.25, 0.3) is 0 Å². The number of aromatic carboxylic acids is 1. The molecule has 7 heteroatoms. The van der Waals surface area contributed by atoms with Crippen molar-refractivity contribution in [1.29, 1.82) is 0 Å². The van der Waals surface area contributed by atoms with Gasteiger partial charge in [-0.25, -0.2) is 18.2 Å². The van der Waals surface area contributed by atoms with E-state index in [4.69, 9.17) is 5.11 Å². The Kier molecular flexibility index (Phi) is 2.85. The number of nitrogens with zero attached hydrogens (tertiary/aromatic N) is 2. The van der Waals surface area contributed by atoms with E-state index in [-0.39, 0.29) is 16.9 Å². The monoisotopic (exact) mass is 232 g/mol. The minimum Gasteiger partial charge on any atom is -0.476 e. The number of carboxylic acids is 1. The molecule has 6 nitrogen and oxygen atoms in total. The predicted molar refractivity (Wildman–Crippen MR) is 52.7 cm³/mol. The standard InChI is InChI=1S/C8H12N2O4S/c1-5(2)10-4-6(7(11)12)9-8(10)15(3,13)14/h4-5H,1-3H3,(H,11,12). The molecule has 0 atom stereocenters. The smallest absolute Gasteiger partial charge is 0.356 e. The van der Waals surface area contributed by atoms with Crippen molar-refractivity contribution in [3.8, 4) is 0 Å². The van der Waals surface area contributed by atoms with E-state index in [9.17, 15) is 13.2 Å². The highest BCUT2D eigenvalue weighted by atomic mass is 32.2. The summed E-state index contributed by atoms with van der Waals surface area (Å²) in [5.74, 6) is -1.24. The number of hydrogen-bond acceptors (Lipinski definition) is 4. The zero-order chi connectivity index (χ0) is 11.8. The molecular formula is C8H12N2O4S. The minimum absolute atomic E-state index is 0.157. The van der Waals surface area contributed by atoms with Gasteiger partial charge in [-0.3, -0.25) is 0 Å². The highest BCUT2D eigenvalue weighted by Gasteiger charge is 2.21. The Morgan fingerprint density at radius 2 is 2.07 bits per heavy atom. The van der Waals surface area contributed by atoms with Crippen molar-refractivity contribution in [2.75, 3.05) is 6.26 Å². The Hall–Kier alpha value is -1.37. The lowest BCUT2D eigenvalue weighted by Crippen LogP contribution is -2.10. The molecular weight excluding hydrogens is 220 g/mol. The van der Waals surface area contributed by atoms with Crippen molar-refractivity contribution in [3.05, 3.63) is 11.9 Å². The van der Waals surface area contributed by atoms with Gasteiger partial charge >= 0.3 is 5.97 Å². The Morgan fingerprint density at radius 3 is 2.33 bits per heavy atom. The Bertz CT molecular complexity index is 487. The molecule has 1 heterocycles. The third kappa shape index (κ3) is 2.35. The van der Waals surface area contributed by atoms with Gasteiger partial charge in [0.05, 0.1) is 0 Å². The van der Waals surface area contributed by atoms with Crippen LogP contribution < -0.4 is 0 Å². The maximum atomic E-state index is 11.3. The normalized spacial score (nSPS) is 12.0. The lowest BCUT2D eigenvalue weighted by atomic mass is 10.4. The number of sulfone groups is 1. The molecule has 1 aromatic heterocycles. The summed E-state index contributed by atoms with van der Waals surface area (Å²) < 4.78 is 24.0. The molecule has 1 rings (SSSR count). The van der Waals surface area contributed by atoms with Gasteiger partial charge in [0, 0.05) is 18.5 Å². The van der Waals surface area contributed by atoms with Gasteiger partial charge in [-0.15, -0.1) is 0 Å². The summed E-state index contributed by atoms with van der Waals surface area (Å²) in [4.78, 5) is 14.2. The highest BCUT2D eigenvalue weighted by Crippen LogP contribution is 2.15. The van der Waals surface area contributed by atoms with E-state index in [0.717, 1.165) is 6.26 Å². The van der Waals surface area contributed by atoms with Crippen molar-refractivity contribution in [3.63, 3.8) is 0 Å². The zero-order valence-electron chi connectivity index (χ0n) is 8.63. The number of imidazole rings is 1. The van der Waals surface area contributed by atoms with Crippen molar-refractivity contribution in [1.82, 2.24) is 9.55 Å². The van der Waals surface area contributed by atoms with Gasteiger partial charge in [-0.2, -0.15) is 0 Å². The summed E-state index contributed by atoms with van der Waals surface area (Å²) in [5, 5.41) is 8.49. The van der Waals surface area contributed by atoms with E-state index < -0.39 is 15.8 Å². The van der Waals surface area contributed by atoms with E-state index >= 15 is 0 Å². The van der Waals surface area contributed by atoms with E-state index in [1.807, 2.05) is 0 Å². The molecule has 0 saturated heterocycles. The second-order valence-corrected chi connectivity index (χ2v) is 5.40. The van der Waals surface area contributed by atoms with Crippen LogP contribution in [0.5, 0.6) is 0 Å². The summed E-state index contributed by atoms with van der Waals surface area (Å²) in [7, 11) is -3.50. The Balaban J connectivity index is 3.44. The largest absolute Gasteiger partial charge is 0.476 e. The van der Waals surface area contributed by atoms with Crippen LogP contribution in [0.4, 0.5) is 0 Å². The van der Waals surface area contributed by atoms with Crippen molar-refractivity contribution >= 4 is 15.8 Å². The van der Waals surface area contributed by atoms with Crippen molar-refractivity contribution < 1.29 is 18.3 Å². The average molecular weight is 232 g/mol. The molecule has 0 aliphatic carbocycles. The van der Waals surface area contributed by atoms with Gasteiger partial charge < -0.3 is 9.67 Å². The average Bonchev–Trinajstić information content (AvgIpc) is 2.45. The number of hydrogen-bond donors (Lipinski definition) is 1. The first-order valence-electron chi connectivity index (χ1n) is 4.25. The maximum Gasteiger partial charge on any atom is 0.356 e. The van der Waals surface area contributed by atoms with Gasteiger partial charge in [0.15, 0.2) is 5.69 Å². The molecule has 1 aromatic rings. The van der Waals surface area contributed by atoms with E-state index in [1.165, 1.54) is 10.8 Å². The highest BCUT2D eigenvalue weighted by molar-refractivity contribution is 7.90. The van der Waals surface area contributed by atoms with Gasteiger partial charge in [-0.05, 0) is 13.8 Å². The SMILES string of the molecule is CC(C)n1cc(C(=O)O)nc1S(C)(=O)=O. The van der Waals surface area contributed by atoms with E-state index in [1.54, 1.807) is 13.8 Å². The Labute approximate surface area is 87.5 Å².